The summed E-state index contributed by atoms with van der Waals surface area (Å²) in [4.78, 5) is 42.9. The fourth-order valence-electron chi connectivity index (χ4n) is 5.16. The first-order chi connectivity index (χ1) is 21.7. The standard InChI is InChI=1S/C35H44N4O6/c1-24-12-14-30(31(21-24)45-20-7-5-6-11-32(40)39-18-16-38(3)17-19-39)37-34(42)26-13-15-29(27(22-26)23-44-4)36-35(43)28-10-8-9-25(2)33(28)41/h8-10,12-15,21-22,41H,5-7,11,16-20,23H2,1-4H3,(H,36,43)(H,37,42). The second-order valence-corrected chi connectivity index (χ2v) is 11.5. The first-order valence-electron chi connectivity index (χ1n) is 15.4. The molecule has 3 N–H and O–H groups in total. The molecule has 1 fully saturated rings. The number of aryl methyl sites for hydroxylation is 2. The van der Waals surface area contributed by atoms with Crippen LogP contribution in [0.4, 0.5) is 11.4 Å². The van der Waals surface area contributed by atoms with Gasteiger partial charge in [0.1, 0.15) is 11.5 Å². The number of methoxy groups -OCH3 is 1. The van der Waals surface area contributed by atoms with Gasteiger partial charge in [-0.05, 0) is 87.7 Å². The highest BCUT2D eigenvalue weighted by atomic mass is 16.5. The molecule has 1 heterocycles. The summed E-state index contributed by atoms with van der Waals surface area (Å²) < 4.78 is 11.4. The first-order valence-corrected chi connectivity index (χ1v) is 15.4. The molecule has 1 aliphatic rings. The predicted octanol–water partition coefficient (Wildman–Crippen LogP) is 5.37. The number of aromatic hydroxyl groups is 1. The number of ether oxygens (including phenoxy) is 2. The van der Waals surface area contributed by atoms with Crippen LogP contribution in [0.25, 0.3) is 0 Å². The van der Waals surface area contributed by atoms with E-state index in [4.69, 9.17) is 9.47 Å². The Kier molecular flexibility index (Phi) is 11.9. The van der Waals surface area contributed by atoms with Crippen LogP contribution >= 0.6 is 0 Å². The Balaban J connectivity index is 1.33. The zero-order chi connectivity index (χ0) is 32.3. The van der Waals surface area contributed by atoms with Crippen LogP contribution < -0.4 is 15.4 Å². The third kappa shape index (κ3) is 9.29. The van der Waals surface area contributed by atoms with Crippen LogP contribution in [0.15, 0.2) is 54.6 Å². The number of carbonyl (C=O) groups is 3. The van der Waals surface area contributed by atoms with E-state index in [1.54, 1.807) is 43.3 Å². The SMILES string of the molecule is COCc1cc(C(=O)Nc2ccc(C)cc2OCCCCCC(=O)N2CCN(C)CC2)ccc1NC(=O)c1cccc(C)c1O. The van der Waals surface area contributed by atoms with Crippen molar-refractivity contribution in [1.82, 2.24) is 9.80 Å². The van der Waals surface area contributed by atoms with Gasteiger partial charge >= 0.3 is 0 Å². The summed E-state index contributed by atoms with van der Waals surface area (Å²) in [7, 11) is 3.61. The van der Waals surface area contributed by atoms with Crippen LogP contribution in [0.3, 0.4) is 0 Å². The topological polar surface area (TPSA) is 120 Å². The lowest BCUT2D eigenvalue weighted by atomic mass is 10.1. The maximum Gasteiger partial charge on any atom is 0.259 e. The summed E-state index contributed by atoms with van der Waals surface area (Å²) in [6.07, 6.45) is 3.04. The predicted molar refractivity (Wildman–Crippen MR) is 175 cm³/mol. The number of carbonyl (C=O) groups excluding carboxylic acids is 3. The number of phenols is 1. The van der Waals surface area contributed by atoms with Gasteiger partial charge in [-0.1, -0.05) is 18.2 Å². The molecule has 0 bridgehead atoms. The van der Waals surface area contributed by atoms with E-state index in [1.165, 1.54) is 7.11 Å². The molecule has 0 unspecified atom stereocenters. The van der Waals surface area contributed by atoms with Crippen LogP contribution in [0.5, 0.6) is 11.5 Å². The normalized spacial score (nSPS) is 13.4. The summed E-state index contributed by atoms with van der Waals surface area (Å²) in [6, 6.07) is 15.5. The number of amides is 3. The van der Waals surface area contributed by atoms with Gasteiger partial charge < -0.3 is 35.0 Å². The number of piperazine rings is 1. The molecule has 240 valence electrons. The van der Waals surface area contributed by atoms with Gasteiger partial charge in [-0.3, -0.25) is 14.4 Å². The number of hydrogen-bond acceptors (Lipinski definition) is 7. The van der Waals surface area contributed by atoms with Crippen LogP contribution in [0.1, 0.15) is 63.1 Å². The van der Waals surface area contributed by atoms with Crippen LogP contribution in [0, 0.1) is 13.8 Å². The number of phenolic OH excluding ortho intramolecular Hbond substituents is 1. The average molecular weight is 617 g/mol. The number of likely N-dealkylation sites (N-methyl/N-ethyl adjacent to an activating group) is 1. The van der Waals surface area contributed by atoms with Crippen molar-refractivity contribution >= 4 is 29.1 Å². The number of hydrogen-bond donors (Lipinski definition) is 3. The Morgan fingerprint density at radius 2 is 1.60 bits per heavy atom. The molecule has 10 nitrogen and oxygen atoms in total. The van der Waals surface area contributed by atoms with Gasteiger partial charge in [0.15, 0.2) is 0 Å². The largest absolute Gasteiger partial charge is 0.507 e. The Bertz CT molecular complexity index is 1500. The monoisotopic (exact) mass is 616 g/mol. The second-order valence-electron chi connectivity index (χ2n) is 11.5. The van der Waals surface area contributed by atoms with Gasteiger partial charge in [-0.15, -0.1) is 0 Å². The molecule has 0 spiro atoms. The molecular formula is C35H44N4O6. The first kappa shape index (κ1) is 33.5. The molecule has 3 amide bonds. The highest BCUT2D eigenvalue weighted by Gasteiger charge is 2.19. The van der Waals surface area contributed by atoms with Crippen LogP contribution in [0.2, 0.25) is 0 Å². The van der Waals surface area contributed by atoms with Crippen molar-refractivity contribution in [3.8, 4) is 11.5 Å². The third-order valence-electron chi connectivity index (χ3n) is 7.93. The highest BCUT2D eigenvalue weighted by Crippen LogP contribution is 2.28. The minimum absolute atomic E-state index is 0.0771. The quantitative estimate of drug-likeness (QED) is 0.221. The van der Waals surface area contributed by atoms with Crippen molar-refractivity contribution in [2.45, 2.75) is 46.1 Å². The number of para-hydroxylation sites is 1. The summed E-state index contributed by atoms with van der Waals surface area (Å²) in [5.41, 5.74) is 3.78. The lowest BCUT2D eigenvalue weighted by Crippen LogP contribution is -2.47. The highest BCUT2D eigenvalue weighted by molar-refractivity contribution is 6.08. The average Bonchev–Trinajstić information content (AvgIpc) is 3.02. The van der Waals surface area contributed by atoms with E-state index in [2.05, 4.69) is 22.6 Å². The van der Waals surface area contributed by atoms with E-state index in [1.807, 2.05) is 30.0 Å². The zero-order valence-electron chi connectivity index (χ0n) is 26.7. The van der Waals surface area contributed by atoms with Crippen molar-refractivity contribution in [1.29, 1.82) is 0 Å². The molecule has 0 aliphatic carbocycles. The van der Waals surface area contributed by atoms with Crippen molar-refractivity contribution in [3.63, 3.8) is 0 Å². The molecule has 0 saturated carbocycles. The molecule has 3 aromatic carbocycles. The van der Waals surface area contributed by atoms with Crippen LogP contribution in [-0.2, 0) is 16.1 Å². The molecule has 1 aliphatic heterocycles. The molecule has 3 aromatic rings. The van der Waals surface area contributed by atoms with Gasteiger partial charge in [0.25, 0.3) is 11.8 Å². The molecule has 4 rings (SSSR count). The Morgan fingerprint density at radius 1 is 0.867 bits per heavy atom. The smallest absolute Gasteiger partial charge is 0.259 e. The molecule has 0 radical (unpaired) electrons. The lowest BCUT2D eigenvalue weighted by molar-refractivity contribution is -0.132. The number of nitrogens with zero attached hydrogens (tertiary/aromatic N) is 2. The van der Waals surface area contributed by atoms with E-state index >= 15 is 0 Å². The lowest BCUT2D eigenvalue weighted by Gasteiger charge is -2.32. The van der Waals surface area contributed by atoms with Gasteiger partial charge in [-0.25, -0.2) is 0 Å². The van der Waals surface area contributed by atoms with E-state index in [0.29, 0.717) is 46.8 Å². The van der Waals surface area contributed by atoms with Crippen molar-refractivity contribution in [2.24, 2.45) is 0 Å². The molecular weight excluding hydrogens is 572 g/mol. The summed E-state index contributed by atoms with van der Waals surface area (Å²) >= 11 is 0. The van der Waals surface area contributed by atoms with E-state index in [-0.39, 0.29) is 29.7 Å². The van der Waals surface area contributed by atoms with Crippen LogP contribution in [-0.4, -0.2) is 79.6 Å². The van der Waals surface area contributed by atoms with Crippen molar-refractivity contribution in [2.75, 3.05) is 57.6 Å². The maximum atomic E-state index is 13.3. The summed E-state index contributed by atoms with van der Waals surface area (Å²) in [6.45, 7) is 7.77. The third-order valence-corrected chi connectivity index (χ3v) is 7.93. The Labute approximate surface area is 265 Å². The Morgan fingerprint density at radius 3 is 2.36 bits per heavy atom. The van der Waals surface area contributed by atoms with Gasteiger partial charge in [0.05, 0.1) is 24.5 Å². The maximum absolute atomic E-state index is 13.3. The minimum Gasteiger partial charge on any atom is -0.507 e. The number of unbranched alkanes of at least 4 members (excludes halogenated alkanes) is 2. The van der Waals surface area contributed by atoms with E-state index < -0.39 is 5.91 Å². The second kappa shape index (κ2) is 16.1. The summed E-state index contributed by atoms with van der Waals surface area (Å²) in [5.74, 6) is -0.0728. The summed E-state index contributed by atoms with van der Waals surface area (Å²) in [5, 5.41) is 16.1. The molecule has 45 heavy (non-hydrogen) atoms. The molecule has 0 atom stereocenters. The number of nitrogens with one attached hydrogen (secondary N) is 2. The molecule has 1 saturated heterocycles. The van der Waals surface area contributed by atoms with Gasteiger partial charge in [0.2, 0.25) is 5.91 Å². The van der Waals surface area contributed by atoms with Crippen molar-refractivity contribution < 1.29 is 29.0 Å². The van der Waals surface area contributed by atoms with Gasteiger partial charge in [-0.2, -0.15) is 0 Å². The van der Waals surface area contributed by atoms with E-state index in [9.17, 15) is 19.5 Å². The van der Waals surface area contributed by atoms with Gasteiger partial charge in [0, 0.05) is 56.5 Å². The molecule has 0 aromatic heterocycles. The fraction of sp³-hybridized carbons (Fsp3) is 0.400. The van der Waals surface area contributed by atoms with Crippen molar-refractivity contribution in [3.05, 3.63) is 82.4 Å². The fourth-order valence-corrected chi connectivity index (χ4v) is 5.16. The number of anilines is 2. The zero-order valence-corrected chi connectivity index (χ0v) is 26.7. The number of benzene rings is 3. The van der Waals surface area contributed by atoms with E-state index in [0.717, 1.165) is 51.0 Å². The Hall–Kier alpha value is -4.41. The molecule has 10 heteroatoms. The minimum atomic E-state index is -0.464. The number of rotatable bonds is 13.